The summed E-state index contributed by atoms with van der Waals surface area (Å²) in [7, 11) is -4.78. The second kappa shape index (κ2) is 12.0. The van der Waals surface area contributed by atoms with Gasteiger partial charge in [0.1, 0.15) is 11.8 Å². The van der Waals surface area contributed by atoms with Gasteiger partial charge in [-0.2, -0.15) is 0 Å². The van der Waals surface area contributed by atoms with Crippen molar-refractivity contribution in [3.05, 3.63) is 71.9 Å². The molecule has 0 spiro atoms. The second-order valence-corrected chi connectivity index (χ2v) is 10.2. The Balaban J connectivity index is 1.75. The van der Waals surface area contributed by atoms with Gasteiger partial charge in [0, 0.05) is 23.5 Å². The lowest BCUT2D eigenvalue weighted by Crippen LogP contribution is -2.53. The molecule has 7 N–H and O–H groups in total. The molecule has 1 amide bonds. The molecule has 3 atom stereocenters. The maximum atomic E-state index is 13.0. The maximum Gasteiger partial charge on any atom is 0.342 e. The predicted octanol–water partition coefficient (Wildman–Crippen LogP) is 1.85. The van der Waals surface area contributed by atoms with E-state index < -0.39 is 49.7 Å². The fourth-order valence-corrected chi connectivity index (χ4v) is 4.76. The number of H-pyrrole nitrogens is 1. The van der Waals surface area contributed by atoms with E-state index in [0.717, 1.165) is 16.5 Å². The van der Waals surface area contributed by atoms with Crippen LogP contribution in [-0.4, -0.2) is 60.7 Å². The third kappa shape index (κ3) is 7.50. The van der Waals surface area contributed by atoms with Crippen LogP contribution in [0.5, 0.6) is 0 Å². The summed E-state index contributed by atoms with van der Waals surface area (Å²) in [6.07, 6.45) is 0.944. The van der Waals surface area contributed by atoms with Crippen LogP contribution in [0.3, 0.4) is 0 Å². The van der Waals surface area contributed by atoms with Crippen LogP contribution in [0.2, 0.25) is 0 Å². The number of aromatic nitrogens is 1. The Morgan fingerprint density at radius 3 is 2.25 bits per heavy atom. The summed E-state index contributed by atoms with van der Waals surface area (Å²) in [5, 5.41) is 24.6. The number of benzene rings is 2. The number of rotatable bonds is 13. The molecule has 0 radical (unpaired) electrons. The summed E-state index contributed by atoms with van der Waals surface area (Å²) in [6.45, 7) is 0. The van der Waals surface area contributed by atoms with Crippen LogP contribution < -0.4 is 10.6 Å². The number of amides is 1. The molecule has 1 aromatic heterocycles. The van der Waals surface area contributed by atoms with Crippen molar-refractivity contribution in [2.24, 2.45) is 0 Å². The van der Waals surface area contributed by atoms with Crippen LogP contribution in [0, 0.1) is 0 Å². The minimum Gasteiger partial charge on any atom is -0.481 e. The van der Waals surface area contributed by atoms with Gasteiger partial charge in [0.2, 0.25) is 5.91 Å². The van der Waals surface area contributed by atoms with E-state index in [1.54, 1.807) is 48.7 Å². The quantitative estimate of drug-likeness (QED) is 0.166. The molecule has 3 unspecified atom stereocenters. The van der Waals surface area contributed by atoms with Crippen molar-refractivity contribution in [2.75, 3.05) is 0 Å². The topological polar surface area (TPSA) is 189 Å². The highest BCUT2D eigenvalue weighted by atomic mass is 31.2. The van der Waals surface area contributed by atoms with Gasteiger partial charge in [-0.05, 0) is 30.0 Å². The van der Waals surface area contributed by atoms with Crippen LogP contribution in [0.25, 0.3) is 10.9 Å². The van der Waals surface area contributed by atoms with E-state index in [0.29, 0.717) is 5.56 Å². The highest BCUT2D eigenvalue weighted by Gasteiger charge is 2.35. The van der Waals surface area contributed by atoms with Gasteiger partial charge in [-0.3, -0.25) is 19.5 Å². The zero-order valence-electron chi connectivity index (χ0n) is 19.2. The number of carboxylic acids is 2. The van der Waals surface area contributed by atoms with Crippen molar-refractivity contribution < 1.29 is 38.9 Å². The molecule has 3 rings (SSSR count). The Morgan fingerprint density at radius 1 is 0.944 bits per heavy atom. The molecule has 0 aliphatic carbocycles. The molecule has 1 heterocycles. The molecular weight excluding hydrogens is 489 g/mol. The number of nitrogens with one attached hydrogen (secondary N) is 3. The minimum atomic E-state index is -4.78. The highest BCUT2D eigenvalue weighted by Crippen LogP contribution is 2.42. The standard InChI is InChI=1S/C24H28N3O8P/c28-22(29)13-19(26-21(36(33,34)35)11-10-15-6-2-1-3-7-15)23(30)27-20(24(31)32)12-16-14-25-18-9-5-4-8-17(16)18/h1-9,14,19-21,25-26H,10-13H2,(H,27,30)(H,28,29)(H,31,32)(H2,33,34,35). The summed E-state index contributed by atoms with van der Waals surface area (Å²) in [6, 6.07) is 13.2. The molecular formula is C24H28N3O8P. The fourth-order valence-electron chi connectivity index (χ4n) is 3.92. The van der Waals surface area contributed by atoms with Gasteiger partial charge in [-0.25, -0.2) is 4.79 Å². The Kier molecular flexibility index (Phi) is 9.00. The number of aromatic amines is 1. The average Bonchev–Trinajstić information content (AvgIpc) is 3.23. The predicted molar refractivity (Wildman–Crippen MR) is 131 cm³/mol. The molecule has 2 aromatic carbocycles. The van der Waals surface area contributed by atoms with Gasteiger partial charge in [0.15, 0.2) is 0 Å². The summed E-state index contributed by atoms with van der Waals surface area (Å²) in [5.41, 5.74) is 2.23. The van der Waals surface area contributed by atoms with Crippen molar-refractivity contribution in [2.45, 2.75) is 43.5 Å². The van der Waals surface area contributed by atoms with Crippen LogP contribution >= 0.6 is 7.60 Å². The van der Waals surface area contributed by atoms with Gasteiger partial charge in [-0.15, -0.1) is 0 Å². The number of carbonyl (C=O) groups excluding carboxylic acids is 1. The molecule has 0 aliphatic rings. The molecule has 0 saturated carbocycles. The van der Waals surface area contributed by atoms with Crippen molar-refractivity contribution in [3.63, 3.8) is 0 Å². The van der Waals surface area contributed by atoms with Gasteiger partial charge in [-0.1, -0.05) is 48.5 Å². The van der Waals surface area contributed by atoms with E-state index in [-0.39, 0.29) is 19.3 Å². The first-order valence-electron chi connectivity index (χ1n) is 11.2. The summed E-state index contributed by atoms with van der Waals surface area (Å²) in [5.74, 6) is -5.22. The van der Waals surface area contributed by atoms with Gasteiger partial charge < -0.3 is 30.3 Å². The third-order valence-corrected chi connectivity index (χ3v) is 6.98. The number of hydrogen-bond donors (Lipinski definition) is 7. The molecule has 11 nitrogen and oxygen atoms in total. The second-order valence-electron chi connectivity index (χ2n) is 8.41. The molecule has 12 heteroatoms. The van der Waals surface area contributed by atoms with Gasteiger partial charge >= 0.3 is 19.5 Å². The fraction of sp³-hybridized carbons (Fsp3) is 0.292. The SMILES string of the molecule is O=C(O)CC(NC(CCc1ccccc1)P(=O)(O)O)C(=O)NC(Cc1c[nH]c2ccccc12)C(=O)O. The smallest absolute Gasteiger partial charge is 0.342 e. The van der Waals surface area contributed by atoms with Crippen LogP contribution in [0.15, 0.2) is 60.8 Å². The van der Waals surface area contributed by atoms with Gasteiger partial charge in [0.05, 0.1) is 12.5 Å². The van der Waals surface area contributed by atoms with E-state index in [2.05, 4.69) is 15.6 Å². The van der Waals surface area contributed by atoms with Crippen LogP contribution in [-0.2, 0) is 31.8 Å². The number of carboxylic acid groups (broad SMARTS) is 2. The third-order valence-electron chi connectivity index (χ3n) is 5.76. The van der Waals surface area contributed by atoms with E-state index >= 15 is 0 Å². The molecule has 36 heavy (non-hydrogen) atoms. The minimum absolute atomic E-state index is 0.0740. The first kappa shape index (κ1) is 27.1. The molecule has 3 aromatic rings. The Labute approximate surface area is 206 Å². The zero-order valence-corrected chi connectivity index (χ0v) is 20.1. The Bertz CT molecular complexity index is 1260. The summed E-state index contributed by atoms with van der Waals surface area (Å²) in [4.78, 5) is 59.0. The lowest BCUT2D eigenvalue weighted by atomic mass is 10.0. The lowest BCUT2D eigenvalue weighted by molar-refractivity contribution is -0.143. The largest absolute Gasteiger partial charge is 0.481 e. The average molecular weight is 517 g/mol. The van der Waals surface area contributed by atoms with E-state index in [9.17, 15) is 38.9 Å². The molecule has 0 bridgehead atoms. The number of fused-ring (bicyclic) bond motifs is 1. The first-order chi connectivity index (χ1) is 17.0. The number of para-hydroxylation sites is 1. The van der Waals surface area contributed by atoms with Crippen molar-refractivity contribution in [3.8, 4) is 0 Å². The normalized spacial score (nSPS) is 14.2. The van der Waals surface area contributed by atoms with Gasteiger partial charge in [0.25, 0.3) is 0 Å². The van der Waals surface area contributed by atoms with E-state index in [1.165, 1.54) is 0 Å². The van der Waals surface area contributed by atoms with Crippen LogP contribution in [0.1, 0.15) is 24.0 Å². The highest BCUT2D eigenvalue weighted by molar-refractivity contribution is 7.52. The van der Waals surface area contributed by atoms with E-state index in [4.69, 9.17) is 0 Å². The Hall–Kier alpha value is -3.50. The monoisotopic (exact) mass is 517 g/mol. The van der Waals surface area contributed by atoms with Crippen molar-refractivity contribution in [1.29, 1.82) is 0 Å². The number of carbonyl (C=O) groups is 3. The summed E-state index contributed by atoms with van der Waals surface area (Å²) >= 11 is 0. The molecule has 0 fully saturated rings. The molecule has 0 saturated heterocycles. The number of aliphatic carboxylic acids is 2. The summed E-state index contributed by atoms with van der Waals surface area (Å²) < 4.78 is 12.1. The zero-order chi connectivity index (χ0) is 26.3. The van der Waals surface area contributed by atoms with Crippen molar-refractivity contribution >= 4 is 36.3 Å². The Morgan fingerprint density at radius 2 is 1.61 bits per heavy atom. The van der Waals surface area contributed by atoms with E-state index in [1.807, 2.05) is 12.1 Å². The number of hydrogen-bond acceptors (Lipinski definition) is 5. The van der Waals surface area contributed by atoms with Crippen molar-refractivity contribution in [1.82, 2.24) is 15.6 Å². The first-order valence-corrected chi connectivity index (χ1v) is 12.9. The maximum absolute atomic E-state index is 13.0. The molecule has 0 aliphatic heterocycles. The van der Waals surface area contributed by atoms with Crippen LogP contribution in [0.4, 0.5) is 0 Å². The molecule has 192 valence electrons. The number of aryl methyl sites for hydroxylation is 1. The lowest BCUT2D eigenvalue weighted by Gasteiger charge is -2.26.